The predicted molar refractivity (Wildman–Crippen MR) is 122 cm³/mol. The summed E-state index contributed by atoms with van der Waals surface area (Å²) >= 11 is 0. The molecule has 2 aromatic carbocycles. The Morgan fingerprint density at radius 2 is 1.57 bits per heavy atom. The highest BCUT2D eigenvalue weighted by Gasteiger charge is 2.22. The van der Waals surface area contributed by atoms with E-state index in [2.05, 4.69) is 15.5 Å². The van der Waals surface area contributed by atoms with E-state index < -0.39 is 0 Å². The van der Waals surface area contributed by atoms with Gasteiger partial charge in [0.05, 0.1) is 6.42 Å². The van der Waals surface area contributed by atoms with E-state index in [1.807, 2.05) is 81.1 Å². The summed E-state index contributed by atoms with van der Waals surface area (Å²) in [7, 11) is 0. The summed E-state index contributed by atoms with van der Waals surface area (Å²) in [5.74, 6) is 0.188. The number of piperazine rings is 1. The molecule has 1 fully saturated rings. The Balaban J connectivity index is 1.50. The largest absolute Gasteiger partial charge is 0.368 e. The normalized spacial score (nSPS) is 14.4. The summed E-state index contributed by atoms with van der Waals surface area (Å²) < 4.78 is 0. The van der Waals surface area contributed by atoms with E-state index in [0.29, 0.717) is 6.42 Å². The molecule has 6 nitrogen and oxygen atoms in total. The summed E-state index contributed by atoms with van der Waals surface area (Å²) in [5, 5.41) is 5.74. The maximum absolute atomic E-state index is 12.7. The minimum Gasteiger partial charge on any atom is -0.368 e. The number of benzene rings is 2. The van der Waals surface area contributed by atoms with Gasteiger partial charge in [0.1, 0.15) is 0 Å². The maximum Gasteiger partial charge on any atom is 0.319 e. The molecule has 0 aliphatic carbocycles. The number of urea groups is 1. The van der Waals surface area contributed by atoms with Crippen LogP contribution in [0.3, 0.4) is 0 Å². The van der Waals surface area contributed by atoms with Crippen molar-refractivity contribution in [3.05, 3.63) is 59.7 Å². The fourth-order valence-corrected chi connectivity index (χ4v) is 3.56. The van der Waals surface area contributed by atoms with Gasteiger partial charge >= 0.3 is 6.03 Å². The van der Waals surface area contributed by atoms with E-state index in [9.17, 15) is 9.59 Å². The number of aryl methyl sites for hydroxylation is 1. The second-order valence-corrected chi connectivity index (χ2v) is 8.85. The Hall–Kier alpha value is -3.02. The molecule has 2 N–H and O–H groups in total. The third-order valence-electron chi connectivity index (χ3n) is 5.21. The zero-order chi connectivity index (χ0) is 21.7. The monoisotopic (exact) mass is 408 g/mol. The van der Waals surface area contributed by atoms with Gasteiger partial charge in [0.25, 0.3) is 0 Å². The minimum atomic E-state index is -0.277. The molecule has 0 unspecified atom stereocenters. The number of carbonyl (C=O) groups is 2. The van der Waals surface area contributed by atoms with Gasteiger partial charge < -0.3 is 20.4 Å². The van der Waals surface area contributed by atoms with Crippen molar-refractivity contribution in [3.63, 3.8) is 0 Å². The van der Waals surface area contributed by atoms with Crippen molar-refractivity contribution in [1.29, 1.82) is 0 Å². The molecule has 160 valence electrons. The van der Waals surface area contributed by atoms with Crippen LogP contribution >= 0.6 is 0 Å². The first-order chi connectivity index (χ1) is 14.2. The van der Waals surface area contributed by atoms with E-state index >= 15 is 0 Å². The molecule has 0 radical (unpaired) electrons. The summed E-state index contributed by atoms with van der Waals surface area (Å²) in [6, 6.07) is 15.7. The number of anilines is 2. The zero-order valence-electron chi connectivity index (χ0n) is 18.4. The molecular formula is C24H32N4O2. The van der Waals surface area contributed by atoms with Crippen LogP contribution in [0.25, 0.3) is 0 Å². The lowest BCUT2D eigenvalue weighted by molar-refractivity contribution is -0.130. The Morgan fingerprint density at radius 3 is 2.17 bits per heavy atom. The molecule has 30 heavy (non-hydrogen) atoms. The summed E-state index contributed by atoms with van der Waals surface area (Å²) in [6.07, 6.45) is 0.462. The molecule has 3 rings (SSSR count). The fraction of sp³-hybridized carbons (Fsp3) is 0.417. The molecule has 1 aliphatic rings. The standard InChI is InChI=1S/C24H32N4O2/c1-18-7-5-6-8-19(18)17-22(29)28-15-13-27(14-16-28)21-11-9-20(10-12-21)25-23(30)26-24(2,3)4/h5-12H,13-17H2,1-4H3,(H2,25,26,30). The van der Waals surface area contributed by atoms with Crippen LogP contribution in [0.4, 0.5) is 16.2 Å². The summed E-state index contributed by atoms with van der Waals surface area (Å²) in [6.45, 7) is 10.9. The Kier molecular flexibility index (Phi) is 6.65. The van der Waals surface area contributed by atoms with Crippen molar-refractivity contribution in [1.82, 2.24) is 10.2 Å². The van der Waals surface area contributed by atoms with Crippen molar-refractivity contribution >= 4 is 23.3 Å². The van der Waals surface area contributed by atoms with Gasteiger partial charge in [-0.2, -0.15) is 0 Å². The highest BCUT2D eigenvalue weighted by molar-refractivity contribution is 5.89. The van der Waals surface area contributed by atoms with E-state index in [0.717, 1.165) is 48.7 Å². The molecule has 0 aromatic heterocycles. The average Bonchev–Trinajstić information content (AvgIpc) is 2.69. The van der Waals surface area contributed by atoms with Crippen LogP contribution in [0.15, 0.2) is 48.5 Å². The van der Waals surface area contributed by atoms with Crippen molar-refractivity contribution in [2.75, 3.05) is 36.4 Å². The Labute approximate surface area is 179 Å². The number of hydrogen-bond donors (Lipinski definition) is 2. The number of amides is 3. The smallest absolute Gasteiger partial charge is 0.319 e. The van der Waals surface area contributed by atoms with Gasteiger partial charge in [0.2, 0.25) is 5.91 Å². The maximum atomic E-state index is 12.7. The predicted octanol–water partition coefficient (Wildman–Crippen LogP) is 3.81. The first kappa shape index (κ1) is 21.7. The highest BCUT2D eigenvalue weighted by atomic mass is 16.2. The van der Waals surface area contributed by atoms with Crippen LogP contribution in [0, 0.1) is 6.92 Å². The average molecular weight is 409 g/mol. The van der Waals surface area contributed by atoms with Gasteiger partial charge in [-0.1, -0.05) is 24.3 Å². The molecule has 0 saturated carbocycles. The third-order valence-corrected chi connectivity index (χ3v) is 5.21. The molecule has 6 heteroatoms. The van der Waals surface area contributed by atoms with Gasteiger partial charge in [-0.3, -0.25) is 4.79 Å². The van der Waals surface area contributed by atoms with Crippen molar-refractivity contribution in [2.45, 2.75) is 39.7 Å². The zero-order valence-corrected chi connectivity index (χ0v) is 18.4. The Morgan fingerprint density at radius 1 is 0.933 bits per heavy atom. The van der Waals surface area contributed by atoms with E-state index in [4.69, 9.17) is 0 Å². The molecule has 2 aromatic rings. The molecule has 0 atom stereocenters. The lowest BCUT2D eigenvalue weighted by Crippen LogP contribution is -2.49. The second-order valence-electron chi connectivity index (χ2n) is 8.85. The number of hydrogen-bond acceptors (Lipinski definition) is 3. The number of carbonyl (C=O) groups excluding carboxylic acids is 2. The van der Waals surface area contributed by atoms with E-state index in [1.165, 1.54) is 0 Å². The van der Waals surface area contributed by atoms with Crippen molar-refractivity contribution in [3.8, 4) is 0 Å². The van der Waals surface area contributed by atoms with E-state index in [-0.39, 0.29) is 17.5 Å². The first-order valence-electron chi connectivity index (χ1n) is 10.5. The topological polar surface area (TPSA) is 64.7 Å². The van der Waals surface area contributed by atoms with Gasteiger partial charge in [-0.05, 0) is 63.1 Å². The number of rotatable bonds is 4. The van der Waals surface area contributed by atoms with Crippen LogP contribution in [0.2, 0.25) is 0 Å². The highest BCUT2D eigenvalue weighted by Crippen LogP contribution is 2.20. The number of nitrogens with one attached hydrogen (secondary N) is 2. The van der Waals surface area contributed by atoms with Crippen LogP contribution in [-0.4, -0.2) is 48.6 Å². The van der Waals surface area contributed by atoms with Gasteiger partial charge in [-0.15, -0.1) is 0 Å². The lowest BCUT2D eigenvalue weighted by Gasteiger charge is -2.36. The van der Waals surface area contributed by atoms with E-state index in [1.54, 1.807) is 0 Å². The fourth-order valence-electron chi connectivity index (χ4n) is 3.56. The molecule has 0 spiro atoms. The van der Waals surface area contributed by atoms with Crippen molar-refractivity contribution in [2.24, 2.45) is 0 Å². The van der Waals surface area contributed by atoms with Gasteiger partial charge in [-0.25, -0.2) is 4.79 Å². The molecular weight excluding hydrogens is 376 g/mol. The van der Waals surface area contributed by atoms with Crippen LogP contribution in [0.1, 0.15) is 31.9 Å². The quantitative estimate of drug-likeness (QED) is 0.809. The van der Waals surface area contributed by atoms with Crippen molar-refractivity contribution < 1.29 is 9.59 Å². The third kappa shape index (κ3) is 5.99. The first-order valence-corrected chi connectivity index (χ1v) is 10.5. The van der Waals surface area contributed by atoms with Gasteiger partial charge in [0.15, 0.2) is 0 Å². The van der Waals surface area contributed by atoms with Crippen LogP contribution < -0.4 is 15.5 Å². The molecule has 0 bridgehead atoms. The number of nitrogens with zero attached hydrogens (tertiary/aromatic N) is 2. The van der Waals surface area contributed by atoms with Crippen LogP contribution in [0.5, 0.6) is 0 Å². The Bertz CT molecular complexity index is 879. The second kappa shape index (κ2) is 9.20. The molecule has 1 heterocycles. The van der Waals surface area contributed by atoms with Gasteiger partial charge in [0, 0.05) is 43.1 Å². The summed E-state index contributed by atoms with van der Waals surface area (Å²) in [5.41, 5.74) is 3.84. The molecule has 1 aliphatic heterocycles. The lowest BCUT2D eigenvalue weighted by atomic mass is 10.1. The summed E-state index contributed by atoms with van der Waals surface area (Å²) in [4.78, 5) is 28.9. The molecule has 3 amide bonds. The SMILES string of the molecule is Cc1ccccc1CC(=O)N1CCN(c2ccc(NC(=O)NC(C)(C)C)cc2)CC1. The minimum absolute atomic E-state index is 0.188. The molecule has 1 saturated heterocycles. The van der Waals surface area contributed by atoms with Crippen LogP contribution in [-0.2, 0) is 11.2 Å².